The molecule has 0 spiro atoms. The Kier molecular flexibility index (Phi) is 8.14. The Hall–Kier alpha value is -4.00. The van der Waals surface area contributed by atoms with Gasteiger partial charge < -0.3 is 5.32 Å². The largest absolute Gasteiger partial charge is 0.351 e. The number of nitrogens with zero attached hydrogens (tertiary/aromatic N) is 2. The molecule has 1 N–H and O–H groups in total. The Bertz CT molecular complexity index is 1270. The van der Waals surface area contributed by atoms with Gasteiger partial charge in [-0.05, 0) is 29.7 Å². The van der Waals surface area contributed by atoms with Gasteiger partial charge >= 0.3 is 0 Å². The Labute approximate surface area is 198 Å². The van der Waals surface area contributed by atoms with Crippen LogP contribution in [0, 0.1) is 22.5 Å². The van der Waals surface area contributed by atoms with Gasteiger partial charge in [0.05, 0.1) is 16.4 Å². The third-order valence-corrected chi connectivity index (χ3v) is 7.00. The van der Waals surface area contributed by atoms with E-state index in [0.29, 0.717) is 0 Å². The summed E-state index contributed by atoms with van der Waals surface area (Å²) < 4.78 is 27.9. The molecule has 0 bridgehead atoms. The molecule has 8 nitrogen and oxygen atoms in total. The third-order valence-electron chi connectivity index (χ3n) is 5.13. The van der Waals surface area contributed by atoms with Gasteiger partial charge in [0.2, 0.25) is 15.9 Å². The average molecular weight is 478 g/mol. The van der Waals surface area contributed by atoms with Gasteiger partial charge in [0, 0.05) is 18.7 Å². The van der Waals surface area contributed by atoms with E-state index < -0.39 is 26.9 Å². The highest BCUT2D eigenvalue weighted by Gasteiger charge is 2.35. The Morgan fingerprint density at radius 2 is 1.53 bits per heavy atom. The molecule has 0 aromatic heterocycles. The van der Waals surface area contributed by atoms with Crippen LogP contribution < -0.4 is 5.32 Å². The van der Waals surface area contributed by atoms with Crippen molar-refractivity contribution in [2.24, 2.45) is 0 Å². The molecule has 1 amide bonds. The minimum absolute atomic E-state index is 0.0926. The van der Waals surface area contributed by atoms with Crippen LogP contribution in [-0.2, 0) is 27.8 Å². The van der Waals surface area contributed by atoms with Gasteiger partial charge in [0.15, 0.2) is 0 Å². The number of nitro groups is 1. The monoisotopic (exact) mass is 477 g/mol. The summed E-state index contributed by atoms with van der Waals surface area (Å²) in [7, 11) is -4.25. The molecule has 3 aromatic carbocycles. The first-order chi connectivity index (χ1) is 16.3. The number of hydrogen-bond donors (Lipinski definition) is 1. The fourth-order valence-corrected chi connectivity index (χ4v) is 4.89. The number of nitro benzene ring substituents is 1. The lowest BCUT2D eigenvalue weighted by atomic mass is 10.0. The SMILES string of the molecule is C#CCN([C@@H](Cc1ccccc1)C(=O)NCc1ccccc1)S(=O)(=O)c1ccc([N+](=O)[O-])cc1. The van der Waals surface area contributed by atoms with Crippen LogP contribution in [0.25, 0.3) is 0 Å². The average Bonchev–Trinajstić information content (AvgIpc) is 2.86. The molecule has 3 aromatic rings. The van der Waals surface area contributed by atoms with Gasteiger partial charge in [-0.1, -0.05) is 66.6 Å². The smallest absolute Gasteiger partial charge is 0.269 e. The van der Waals surface area contributed by atoms with E-state index in [4.69, 9.17) is 6.42 Å². The summed E-state index contributed by atoms with van der Waals surface area (Å²) in [5.74, 6) is 1.82. The fraction of sp³-hybridized carbons (Fsp3) is 0.160. The van der Waals surface area contributed by atoms with Gasteiger partial charge in [0.1, 0.15) is 6.04 Å². The van der Waals surface area contributed by atoms with Crippen molar-refractivity contribution in [1.29, 1.82) is 0 Å². The second-order valence-electron chi connectivity index (χ2n) is 7.41. The molecule has 0 saturated heterocycles. The molecule has 1 atom stereocenters. The molecular weight excluding hydrogens is 454 g/mol. The van der Waals surface area contributed by atoms with Gasteiger partial charge in [0.25, 0.3) is 5.69 Å². The summed E-state index contributed by atoms with van der Waals surface area (Å²) in [4.78, 5) is 23.4. The molecule has 9 heteroatoms. The summed E-state index contributed by atoms with van der Waals surface area (Å²) in [6, 6.07) is 21.6. The maximum absolute atomic E-state index is 13.5. The number of terminal acetylenes is 1. The van der Waals surface area contributed by atoms with Crippen molar-refractivity contribution in [1.82, 2.24) is 9.62 Å². The lowest BCUT2D eigenvalue weighted by Gasteiger charge is -2.29. The molecule has 0 saturated carbocycles. The summed E-state index contributed by atoms with van der Waals surface area (Å²) in [5, 5.41) is 13.8. The van der Waals surface area contributed by atoms with Crippen molar-refractivity contribution in [2.45, 2.75) is 23.9 Å². The van der Waals surface area contributed by atoms with Crippen LogP contribution in [0.4, 0.5) is 5.69 Å². The van der Waals surface area contributed by atoms with E-state index in [9.17, 15) is 23.3 Å². The van der Waals surface area contributed by atoms with Crippen LogP contribution in [0.3, 0.4) is 0 Å². The molecule has 0 unspecified atom stereocenters. The van der Waals surface area contributed by atoms with Crippen LogP contribution in [0.15, 0.2) is 89.8 Å². The van der Waals surface area contributed by atoms with E-state index in [-0.39, 0.29) is 30.1 Å². The number of hydrogen-bond acceptors (Lipinski definition) is 5. The van der Waals surface area contributed by atoms with E-state index in [2.05, 4.69) is 11.2 Å². The highest BCUT2D eigenvalue weighted by molar-refractivity contribution is 7.89. The Morgan fingerprint density at radius 1 is 0.971 bits per heavy atom. The van der Waals surface area contributed by atoms with Crippen molar-refractivity contribution in [3.63, 3.8) is 0 Å². The number of nitrogens with one attached hydrogen (secondary N) is 1. The summed E-state index contributed by atoms with van der Waals surface area (Å²) >= 11 is 0. The molecule has 0 heterocycles. The number of non-ortho nitro benzene ring substituents is 1. The van der Waals surface area contributed by atoms with Gasteiger partial charge in [-0.2, -0.15) is 4.31 Å². The van der Waals surface area contributed by atoms with Crippen LogP contribution in [-0.4, -0.2) is 36.1 Å². The van der Waals surface area contributed by atoms with Gasteiger partial charge in [-0.15, -0.1) is 6.42 Å². The van der Waals surface area contributed by atoms with E-state index in [0.717, 1.165) is 39.7 Å². The van der Waals surface area contributed by atoms with E-state index in [1.165, 1.54) is 0 Å². The molecule has 3 rings (SSSR count). The fourth-order valence-electron chi connectivity index (χ4n) is 3.39. The zero-order valence-electron chi connectivity index (χ0n) is 18.2. The molecule has 0 radical (unpaired) electrons. The van der Waals surface area contributed by atoms with Crippen molar-refractivity contribution in [3.8, 4) is 12.3 Å². The molecular formula is C25H23N3O5S. The lowest BCUT2D eigenvalue weighted by Crippen LogP contribution is -2.50. The van der Waals surface area contributed by atoms with E-state index >= 15 is 0 Å². The number of rotatable bonds is 10. The summed E-state index contributed by atoms with van der Waals surface area (Å²) in [6.07, 6.45) is 5.58. The zero-order chi connectivity index (χ0) is 24.6. The number of benzene rings is 3. The van der Waals surface area contributed by atoms with Crippen LogP contribution in [0.1, 0.15) is 11.1 Å². The lowest BCUT2D eigenvalue weighted by molar-refractivity contribution is -0.384. The zero-order valence-corrected chi connectivity index (χ0v) is 19.0. The predicted octanol–water partition coefficient (Wildman–Crippen LogP) is 3.15. The first-order valence-corrected chi connectivity index (χ1v) is 11.8. The Morgan fingerprint density at radius 3 is 2.06 bits per heavy atom. The Balaban J connectivity index is 1.96. The number of carbonyl (C=O) groups is 1. The number of carbonyl (C=O) groups excluding carboxylic acids is 1. The first kappa shape index (κ1) is 24.6. The number of amides is 1. The van der Waals surface area contributed by atoms with Crippen LogP contribution in [0.2, 0.25) is 0 Å². The first-order valence-electron chi connectivity index (χ1n) is 10.4. The highest BCUT2D eigenvalue weighted by atomic mass is 32.2. The second kappa shape index (κ2) is 11.2. The normalized spacial score (nSPS) is 12.0. The molecule has 0 aliphatic rings. The molecule has 34 heavy (non-hydrogen) atoms. The van der Waals surface area contributed by atoms with E-state index in [1.54, 1.807) is 24.3 Å². The summed E-state index contributed by atoms with van der Waals surface area (Å²) in [6.45, 7) is -0.137. The molecule has 0 fully saturated rings. The van der Waals surface area contributed by atoms with Crippen molar-refractivity contribution in [2.75, 3.05) is 6.54 Å². The highest BCUT2D eigenvalue weighted by Crippen LogP contribution is 2.23. The molecule has 0 aliphatic heterocycles. The minimum atomic E-state index is -4.25. The predicted molar refractivity (Wildman–Crippen MR) is 128 cm³/mol. The van der Waals surface area contributed by atoms with Gasteiger partial charge in [-0.25, -0.2) is 8.42 Å². The maximum Gasteiger partial charge on any atom is 0.269 e. The minimum Gasteiger partial charge on any atom is -0.351 e. The molecule has 174 valence electrons. The standard InChI is InChI=1S/C25H23N3O5S/c1-2-17-27(34(32,33)23-15-13-22(14-16-23)28(30)31)24(18-20-9-5-3-6-10-20)25(29)26-19-21-11-7-4-8-12-21/h1,3-16,24H,17-19H2,(H,26,29)/t24-/m0/s1. The van der Waals surface area contributed by atoms with Gasteiger partial charge in [-0.3, -0.25) is 14.9 Å². The molecule has 0 aliphatic carbocycles. The second-order valence-corrected chi connectivity index (χ2v) is 9.30. The van der Waals surface area contributed by atoms with Crippen molar-refractivity contribution in [3.05, 3.63) is 106 Å². The van der Waals surface area contributed by atoms with Crippen LogP contribution >= 0.6 is 0 Å². The summed E-state index contributed by atoms with van der Waals surface area (Å²) in [5.41, 5.74) is 1.36. The van der Waals surface area contributed by atoms with E-state index in [1.807, 2.05) is 36.4 Å². The quantitative estimate of drug-likeness (QED) is 0.274. The maximum atomic E-state index is 13.5. The van der Waals surface area contributed by atoms with Crippen molar-refractivity contribution < 1.29 is 18.1 Å². The topological polar surface area (TPSA) is 110 Å². The number of sulfonamides is 1. The third kappa shape index (κ3) is 6.07. The van der Waals surface area contributed by atoms with Crippen molar-refractivity contribution >= 4 is 21.6 Å². The van der Waals surface area contributed by atoms with Crippen LogP contribution in [0.5, 0.6) is 0 Å².